The van der Waals surface area contributed by atoms with E-state index in [2.05, 4.69) is 31.4 Å². The molecule has 6 atom stereocenters. The summed E-state index contributed by atoms with van der Waals surface area (Å²) in [7, 11) is 0. The van der Waals surface area contributed by atoms with E-state index in [0.717, 1.165) is 25.0 Å². The summed E-state index contributed by atoms with van der Waals surface area (Å²) in [5.74, 6) is 1.57. The first kappa shape index (κ1) is 15.4. The van der Waals surface area contributed by atoms with Crippen molar-refractivity contribution in [2.75, 3.05) is 0 Å². The van der Waals surface area contributed by atoms with E-state index in [1.165, 1.54) is 16.9 Å². The van der Waals surface area contributed by atoms with Gasteiger partial charge in [0.25, 0.3) is 0 Å². The quantitative estimate of drug-likeness (QED) is 0.688. The van der Waals surface area contributed by atoms with Crippen LogP contribution in [0, 0.1) is 17.8 Å². The van der Waals surface area contributed by atoms with E-state index in [9.17, 15) is 0 Å². The SMILES string of the molecule is CC1=C(c2cccs2)O[C@@H]2O[C@]3(C)CC[C@H]4[C@H](C)CC[C@@H]1[C@@]24OO3. The molecule has 0 aromatic carbocycles. The molecule has 6 rings (SSSR count). The fourth-order valence-corrected chi connectivity index (χ4v) is 6.05. The van der Waals surface area contributed by atoms with Crippen molar-refractivity contribution < 1.29 is 19.2 Å². The van der Waals surface area contributed by atoms with Crippen molar-refractivity contribution in [3.05, 3.63) is 28.0 Å². The summed E-state index contributed by atoms with van der Waals surface area (Å²) >= 11 is 1.72. The van der Waals surface area contributed by atoms with Crippen molar-refractivity contribution in [1.82, 2.24) is 0 Å². The number of fused-ring (bicyclic) bond motifs is 2. The molecule has 0 N–H and O–H groups in total. The lowest BCUT2D eigenvalue weighted by atomic mass is 9.59. The molecule has 5 heterocycles. The summed E-state index contributed by atoms with van der Waals surface area (Å²) in [6.07, 6.45) is 3.84. The summed E-state index contributed by atoms with van der Waals surface area (Å²) in [5, 5.41) is 2.09. The van der Waals surface area contributed by atoms with Gasteiger partial charge in [-0.05, 0) is 56.0 Å². The second-order valence-corrected chi connectivity index (χ2v) is 8.91. The summed E-state index contributed by atoms with van der Waals surface area (Å²) in [6, 6.07) is 4.19. The highest BCUT2D eigenvalue weighted by molar-refractivity contribution is 7.11. The average molecular weight is 348 g/mol. The summed E-state index contributed by atoms with van der Waals surface area (Å²) in [6.45, 7) is 6.50. The van der Waals surface area contributed by atoms with Crippen LogP contribution < -0.4 is 0 Å². The van der Waals surface area contributed by atoms with Crippen LogP contribution in [-0.4, -0.2) is 17.7 Å². The van der Waals surface area contributed by atoms with Gasteiger partial charge in [0.2, 0.25) is 12.1 Å². The lowest BCUT2D eigenvalue weighted by molar-refractivity contribution is -0.553. The molecule has 1 aromatic rings. The highest BCUT2D eigenvalue weighted by Gasteiger charge is 2.68. The lowest BCUT2D eigenvalue weighted by Gasteiger charge is -2.57. The minimum Gasteiger partial charge on any atom is -0.460 e. The van der Waals surface area contributed by atoms with Gasteiger partial charge in [0.1, 0.15) is 5.76 Å². The predicted molar refractivity (Wildman–Crippen MR) is 90.8 cm³/mol. The maximum absolute atomic E-state index is 6.46. The minimum atomic E-state index is -0.705. The molecule has 1 aromatic heterocycles. The van der Waals surface area contributed by atoms with Crippen LogP contribution in [0.4, 0.5) is 0 Å². The maximum atomic E-state index is 6.46. The molecule has 1 spiro atoms. The van der Waals surface area contributed by atoms with Crippen molar-refractivity contribution in [3.8, 4) is 0 Å². The molecule has 5 aliphatic rings. The zero-order valence-electron chi connectivity index (χ0n) is 14.4. The van der Waals surface area contributed by atoms with E-state index in [1.807, 2.05) is 6.92 Å². The van der Waals surface area contributed by atoms with Crippen LogP contribution >= 0.6 is 11.3 Å². The number of hydrogen-bond acceptors (Lipinski definition) is 5. The molecule has 2 bridgehead atoms. The molecule has 4 aliphatic heterocycles. The molecule has 3 saturated heterocycles. The van der Waals surface area contributed by atoms with E-state index in [4.69, 9.17) is 19.2 Å². The first-order valence-corrected chi connectivity index (χ1v) is 9.87. The number of hydrogen-bond donors (Lipinski definition) is 0. The first-order valence-electron chi connectivity index (χ1n) is 8.99. The normalized spacial score (nSPS) is 47.1. The molecular formula is C19H24O4S. The molecule has 4 fully saturated rings. The largest absolute Gasteiger partial charge is 0.460 e. The minimum absolute atomic E-state index is 0.289. The third-order valence-electron chi connectivity index (χ3n) is 6.57. The van der Waals surface area contributed by atoms with Crippen LogP contribution in [0.5, 0.6) is 0 Å². The molecule has 1 saturated carbocycles. The second-order valence-electron chi connectivity index (χ2n) is 7.96. The van der Waals surface area contributed by atoms with Gasteiger partial charge in [-0.3, -0.25) is 0 Å². The molecular weight excluding hydrogens is 324 g/mol. The molecule has 5 heteroatoms. The maximum Gasteiger partial charge on any atom is 0.235 e. The van der Waals surface area contributed by atoms with Gasteiger partial charge in [0.05, 0.1) is 4.88 Å². The van der Waals surface area contributed by atoms with Crippen LogP contribution in [0.15, 0.2) is 23.1 Å². The molecule has 130 valence electrons. The van der Waals surface area contributed by atoms with Crippen LogP contribution in [0.3, 0.4) is 0 Å². The van der Waals surface area contributed by atoms with Crippen molar-refractivity contribution in [3.63, 3.8) is 0 Å². The van der Waals surface area contributed by atoms with Crippen molar-refractivity contribution in [2.45, 2.75) is 64.1 Å². The Labute approximate surface area is 146 Å². The Hall–Kier alpha value is -0.880. The van der Waals surface area contributed by atoms with Crippen LogP contribution in [-0.2, 0) is 19.2 Å². The standard InChI is InChI=1S/C19H24O4S/c1-11-6-7-14-12(2)16(15-5-4-10-24-15)20-17-19(14)13(11)8-9-18(3,21-17)22-23-19/h4-5,10-11,13-14,17H,6-9H2,1-3H3/t11-,13+,14+,17-,18+,19-/m1/s1. The van der Waals surface area contributed by atoms with Gasteiger partial charge in [-0.1, -0.05) is 13.0 Å². The smallest absolute Gasteiger partial charge is 0.235 e. The lowest BCUT2D eigenvalue weighted by Crippen LogP contribution is -2.66. The third-order valence-corrected chi connectivity index (χ3v) is 7.44. The fourth-order valence-electron chi connectivity index (χ4n) is 5.27. The molecule has 24 heavy (non-hydrogen) atoms. The van der Waals surface area contributed by atoms with Crippen LogP contribution in [0.1, 0.15) is 51.3 Å². The van der Waals surface area contributed by atoms with E-state index >= 15 is 0 Å². The Bertz CT molecular complexity index is 684. The van der Waals surface area contributed by atoms with Gasteiger partial charge >= 0.3 is 0 Å². The zero-order chi connectivity index (χ0) is 16.5. The monoisotopic (exact) mass is 348 g/mol. The molecule has 4 nitrogen and oxygen atoms in total. The van der Waals surface area contributed by atoms with Crippen LogP contribution in [0.2, 0.25) is 0 Å². The average Bonchev–Trinajstić information content (AvgIpc) is 2.99. The first-order chi connectivity index (χ1) is 11.5. The number of ether oxygens (including phenoxy) is 2. The predicted octanol–water partition coefficient (Wildman–Crippen LogP) is 4.72. The van der Waals surface area contributed by atoms with E-state index < -0.39 is 17.7 Å². The number of thiophene rings is 1. The topological polar surface area (TPSA) is 36.9 Å². The second kappa shape index (κ2) is 5.07. The Kier molecular flexibility index (Phi) is 3.25. The van der Waals surface area contributed by atoms with Gasteiger partial charge in [-0.25, -0.2) is 9.78 Å². The van der Waals surface area contributed by atoms with Gasteiger partial charge in [-0.2, -0.15) is 0 Å². The third kappa shape index (κ3) is 1.90. The van der Waals surface area contributed by atoms with E-state index in [0.29, 0.717) is 11.8 Å². The fraction of sp³-hybridized carbons (Fsp3) is 0.684. The molecule has 0 unspecified atom stereocenters. The zero-order valence-corrected chi connectivity index (χ0v) is 15.2. The number of rotatable bonds is 1. The van der Waals surface area contributed by atoms with Crippen molar-refractivity contribution >= 4 is 17.1 Å². The van der Waals surface area contributed by atoms with Crippen LogP contribution in [0.25, 0.3) is 5.76 Å². The summed E-state index contributed by atoms with van der Waals surface area (Å²) in [4.78, 5) is 13.1. The Morgan fingerprint density at radius 2 is 2.08 bits per heavy atom. The summed E-state index contributed by atoms with van der Waals surface area (Å²) in [5.41, 5.74) is 0.779. The molecule has 0 amide bonds. The van der Waals surface area contributed by atoms with Gasteiger partial charge in [0.15, 0.2) is 5.60 Å². The van der Waals surface area contributed by atoms with Gasteiger partial charge < -0.3 is 9.47 Å². The Morgan fingerprint density at radius 3 is 2.88 bits per heavy atom. The van der Waals surface area contributed by atoms with Crippen molar-refractivity contribution in [2.24, 2.45) is 17.8 Å². The van der Waals surface area contributed by atoms with E-state index in [1.54, 1.807) is 11.3 Å². The Morgan fingerprint density at radius 1 is 1.21 bits per heavy atom. The van der Waals surface area contributed by atoms with Gasteiger partial charge in [-0.15, -0.1) is 11.3 Å². The Balaban J connectivity index is 1.67. The molecule has 0 radical (unpaired) electrons. The highest BCUT2D eigenvalue weighted by atomic mass is 32.1. The van der Waals surface area contributed by atoms with Gasteiger partial charge in [0, 0.05) is 18.3 Å². The van der Waals surface area contributed by atoms with Crippen molar-refractivity contribution in [1.29, 1.82) is 0 Å². The van der Waals surface area contributed by atoms with E-state index in [-0.39, 0.29) is 5.92 Å². The summed E-state index contributed by atoms with van der Waals surface area (Å²) < 4.78 is 12.8. The highest BCUT2D eigenvalue weighted by Crippen LogP contribution is 2.61. The molecule has 1 aliphatic carbocycles.